The fourth-order valence-corrected chi connectivity index (χ4v) is 3.45. The van der Waals surface area contributed by atoms with E-state index in [0.717, 1.165) is 6.07 Å². The second-order valence-electron chi connectivity index (χ2n) is 7.79. The Bertz CT molecular complexity index is 1130. The van der Waals surface area contributed by atoms with Crippen LogP contribution in [0.3, 0.4) is 0 Å². The molecule has 0 bridgehead atoms. The number of carboxylic acids is 1. The lowest BCUT2D eigenvalue weighted by Gasteiger charge is -2.39. The molecule has 2 aromatic heterocycles. The van der Waals surface area contributed by atoms with Crippen molar-refractivity contribution in [2.24, 2.45) is 10.9 Å². The number of carbonyl (C=O) groups is 1. The third-order valence-electron chi connectivity index (χ3n) is 5.00. The quantitative estimate of drug-likeness (QED) is 0.550. The molecule has 11 heteroatoms. The molecule has 0 aromatic carbocycles. The maximum absolute atomic E-state index is 14.9. The maximum Gasteiger partial charge on any atom is 0.373 e. The minimum atomic E-state index is -1.28. The summed E-state index contributed by atoms with van der Waals surface area (Å²) in [6.07, 6.45) is 4.67. The Morgan fingerprint density at radius 3 is 2.69 bits per heavy atom. The number of allylic oxidation sites excluding steroid dienone is 1. The molecular formula is C21H23FN6O4. The van der Waals surface area contributed by atoms with Crippen LogP contribution >= 0.6 is 0 Å². The van der Waals surface area contributed by atoms with Crippen molar-refractivity contribution < 1.29 is 23.6 Å². The molecule has 2 aromatic rings. The Hall–Kier alpha value is -3.76. The van der Waals surface area contributed by atoms with Gasteiger partial charge in [0.1, 0.15) is 5.84 Å². The van der Waals surface area contributed by atoms with Crippen LogP contribution in [-0.4, -0.2) is 45.1 Å². The molecule has 4 heterocycles. The summed E-state index contributed by atoms with van der Waals surface area (Å²) < 4.78 is 25.6. The van der Waals surface area contributed by atoms with Gasteiger partial charge in [0.15, 0.2) is 29.0 Å². The van der Waals surface area contributed by atoms with E-state index < -0.39 is 11.8 Å². The van der Waals surface area contributed by atoms with Crippen LogP contribution in [-0.2, 0) is 4.79 Å². The predicted molar refractivity (Wildman–Crippen MR) is 114 cm³/mol. The van der Waals surface area contributed by atoms with E-state index in [2.05, 4.69) is 20.1 Å². The first-order valence-corrected chi connectivity index (χ1v) is 10.1. The van der Waals surface area contributed by atoms with E-state index in [0.29, 0.717) is 30.6 Å². The van der Waals surface area contributed by atoms with Crippen molar-refractivity contribution >= 4 is 23.4 Å². The SMILES string of the molecule is C/C=C\N=C(C(C)C)N1C=C(C(=O)O)Oc2cc(F)c(N3CC(c4nc(C)no4)C3)nc21. The number of carboxylic acid groups (broad SMARTS) is 1. The zero-order valence-electron chi connectivity index (χ0n) is 18.1. The molecule has 0 unspecified atom stereocenters. The molecule has 2 aliphatic rings. The monoisotopic (exact) mass is 442 g/mol. The number of aliphatic imine (C=N–C) groups is 1. The third kappa shape index (κ3) is 3.93. The van der Waals surface area contributed by atoms with Gasteiger partial charge in [-0.1, -0.05) is 25.1 Å². The number of ether oxygens (including phenoxy) is 1. The number of anilines is 2. The number of hydrogen-bond donors (Lipinski definition) is 1. The van der Waals surface area contributed by atoms with Crippen molar-refractivity contribution in [3.05, 3.63) is 47.8 Å². The first kappa shape index (κ1) is 21.5. The van der Waals surface area contributed by atoms with Crippen LogP contribution in [0.4, 0.5) is 16.0 Å². The number of pyridine rings is 1. The molecule has 1 N–H and O–H groups in total. The van der Waals surface area contributed by atoms with Gasteiger partial charge in [-0.25, -0.2) is 19.2 Å². The summed E-state index contributed by atoms with van der Waals surface area (Å²) >= 11 is 0. The molecular weight excluding hydrogens is 419 g/mol. The van der Waals surface area contributed by atoms with Gasteiger partial charge in [-0.15, -0.1) is 0 Å². The summed E-state index contributed by atoms with van der Waals surface area (Å²) in [4.78, 5) is 28.0. The van der Waals surface area contributed by atoms with Crippen molar-refractivity contribution in [1.29, 1.82) is 0 Å². The van der Waals surface area contributed by atoms with E-state index >= 15 is 0 Å². The average Bonchev–Trinajstić information content (AvgIpc) is 3.12. The van der Waals surface area contributed by atoms with Crippen LogP contribution in [0.15, 0.2) is 39.8 Å². The first-order chi connectivity index (χ1) is 15.3. The van der Waals surface area contributed by atoms with Gasteiger partial charge in [0, 0.05) is 31.3 Å². The molecule has 0 saturated carbocycles. The number of halogens is 1. The average molecular weight is 442 g/mol. The lowest BCUT2D eigenvalue weighted by Crippen LogP contribution is -2.46. The van der Waals surface area contributed by atoms with Crippen LogP contribution in [0, 0.1) is 18.7 Å². The molecule has 32 heavy (non-hydrogen) atoms. The van der Waals surface area contributed by atoms with Crippen molar-refractivity contribution in [3.8, 4) is 5.75 Å². The Morgan fingerprint density at radius 1 is 1.34 bits per heavy atom. The van der Waals surface area contributed by atoms with E-state index in [1.807, 2.05) is 20.8 Å². The molecule has 168 valence electrons. The minimum Gasteiger partial charge on any atom is -0.475 e. The molecule has 0 atom stereocenters. The van der Waals surface area contributed by atoms with E-state index in [4.69, 9.17) is 9.26 Å². The summed E-state index contributed by atoms with van der Waals surface area (Å²) in [5.74, 6) is -0.337. The highest BCUT2D eigenvalue weighted by Crippen LogP contribution is 2.39. The normalized spacial score (nSPS) is 16.8. The van der Waals surface area contributed by atoms with E-state index in [-0.39, 0.29) is 35.0 Å². The molecule has 4 rings (SSSR count). The fourth-order valence-electron chi connectivity index (χ4n) is 3.45. The van der Waals surface area contributed by atoms with Crippen molar-refractivity contribution in [2.75, 3.05) is 22.9 Å². The van der Waals surface area contributed by atoms with Crippen LogP contribution in [0.5, 0.6) is 5.75 Å². The lowest BCUT2D eigenvalue weighted by molar-refractivity contribution is -0.135. The van der Waals surface area contributed by atoms with Crippen LogP contribution in [0.25, 0.3) is 0 Å². The number of aromatic nitrogens is 3. The summed E-state index contributed by atoms with van der Waals surface area (Å²) in [5.41, 5.74) is 0. The van der Waals surface area contributed by atoms with E-state index in [1.54, 1.807) is 24.1 Å². The highest BCUT2D eigenvalue weighted by molar-refractivity contribution is 6.03. The summed E-state index contributed by atoms with van der Waals surface area (Å²) in [5, 5.41) is 13.3. The van der Waals surface area contributed by atoms with Gasteiger partial charge in [0.2, 0.25) is 11.6 Å². The second-order valence-corrected chi connectivity index (χ2v) is 7.79. The van der Waals surface area contributed by atoms with Crippen molar-refractivity contribution in [2.45, 2.75) is 33.6 Å². The number of amidine groups is 1. The first-order valence-electron chi connectivity index (χ1n) is 10.1. The maximum atomic E-state index is 14.9. The molecule has 1 fully saturated rings. The summed E-state index contributed by atoms with van der Waals surface area (Å²) in [7, 11) is 0. The Kier molecular flexibility index (Phi) is 5.64. The third-order valence-corrected chi connectivity index (χ3v) is 5.00. The molecule has 0 spiro atoms. The number of aryl methyl sites for hydroxylation is 1. The van der Waals surface area contributed by atoms with Gasteiger partial charge in [-0.05, 0) is 13.8 Å². The van der Waals surface area contributed by atoms with Crippen LogP contribution < -0.4 is 14.5 Å². The van der Waals surface area contributed by atoms with Gasteiger partial charge >= 0.3 is 5.97 Å². The molecule has 10 nitrogen and oxygen atoms in total. The van der Waals surface area contributed by atoms with Gasteiger partial charge in [-0.3, -0.25) is 4.90 Å². The second kappa shape index (κ2) is 8.40. The number of nitrogens with zero attached hydrogens (tertiary/aromatic N) is 6. The number of hydrogen-bond acceptors (Lipinski definition) is 8. The molecule has 1 saturated heterocycles. The number of aliphatic carboxylic acids is 1. The zero-order valence-corrected chi connectivity index (χ0v) is 18.1. The van der Waals surface area contributed by atoms with Crippen LogP contribution in [0.2, 0.25) is 0 Å². The fraction of sp³-hybridized carbons (Fsp3) is 0.381. The van der Waals surface area contributed by atoms with E-state index in [1.165, 1.54) is 11.1 Å². The van der Waals surface area contributed by atoms with Gasteiger partial charge in [-0.2, -0.15) is 4.98 Å². The number of rotatable bonds is 5. The standard InChI is InChI=1S/C21H23FN6O4/c1-5-6-23-17(11(2)3)28-10-16(21(29)30)31-15-7-14(22)18(25-19(15)28)27-8-13(9-27)20-24-12(4)26-32-20/h5-7,10-11,13H,8-9H2,1-4H3,(H,29,30)/b6-5-,23-17?. The van der Waals surface area contributed by atoms with Crippen molar-refractivity contribution in [1.82, 2.24) is 15.1 Å². The predicted octanol–water partition coefficient (Wildman–Crippen LogP) is 3.23. The molecule has 0 amide bonds. The Balaban J connectivity index is 1.70. The largest absolute Gasteiger partial charge is 0.475 e. The van der Waals surface area contributed by atoms with Crippen molar-refractivity contribution in [3.63, 3.8) is 0 Å². The summed E-state index contributed by atoms with van der Waals surface area (Å²) in [6.45, 7) is 8.33. The molecule has 0 radical (unpaired) electrons. The van der Waals surface area contributed by atoms with Gasteiger partial charge in [0.05, 0.1) is 12.1 Å². The zero-order chi connectivity index (χ0) is 23.0. The highest BCUT2D eigenvalue weighted by atomic mass is 19.1. The Morgan fingerprint density at radius 2 is 2.09 bits per heavy atom. The smallest absolute Gasteiger partial charge is 0.373 e. The Labute approximate surface area is 183 Å². The lowest BCUT2D eigenvalue weighted by atomic mass is 10.00. The number of fused-ring (bicyclic) bond motifs is 1. The van der Waals surface area contributed by atoms with E-state index in [9.17, 15) is 14.3 Å². The van der Waals surface area contributed by atoms with Gasteiger partial charge in [0.25, 0.3) is 0 Å². The highest BCUT2D eigenvalue weighted by Gasteiger charge is 2.37. The summed E-state index contributed by atoms with van der Waals surface area (Å²) in [6, 6.07) is 1.15. The molecule has 2 aliphatic heterocycles. The minimum absolute atomic E-state index is 0.00424. The van der Waals surface area contributed by atoms with Gasteiger partial charge < -0.3 is 19.3 Å². The molecule has 0 aliphatic carbocycles. The topological polar surface area (TPSA) is 117 Å². The van der Waals surface area contributed by atoms with Crippen LogP contribution in [0.1, 0.15) is 38.4 Å².